The minimum absolute atomic E-state index is 0.150. The lowest BCUT2D eigenvalue weighted by Gasteiger charge is -2.51. The fourth-order valence-electron chi connectivity index (χ4n) is 11.4. The Hall–Kier alpha value is -7.34. The van der Waals surface area contributed by atoms with Crippen LogP contribution < -0.4 is 0 Å². The zero-order valence-corrected chi connectivity index (χ0v) is 33.8. The van der Waals surface area contributed by atoms with E-state index >= 15 is 0 Å². The largest absolute Gasteiger partial charge is 0.333 e. The van der Waals surface area contributed by atoms with Crippen LogP contribution in [0.25, 0.3) is 77.4 Å². The van der Waals surface area contributed by atoms with Gasteiger partial charge in [-0.15, -0.1) is 0 Å². The number of allylic oxidation sites excluding steroid dienone is 4. The van der Waals surface area contributed by atoms with Crippen molar-refractivity contribution < 1.29 is 0 Å². The van der Waals surface area contributed by atoms with Gasteiger partial charge in [0.15, 0.2) is 0 Å². The van der Waals surface area contributed by atoms with Crippen molar-refractivity contribution in [3.63, 3.8) is 0 Å². The number of hydrogen-bond acceptors (Lipinski definition) is 2. The monoisotopic (exact) mass is 796 g/mol. The molecule has 286 valence electrons. The molecule has 5 heterocycles. The number of para-hydroxylation sites is 6. The summed E-state index contributed by atoms with van der Waals surface area (Å²) in [4.78, 5) is 7.81. The number of fused-ring (bicyclic) bond motifs is 15. The minimum atomic E-state index is -0.420. The molecule has 1 aliphatic carbocycles. The van der Waals surface area contributed by atoms with Gasteiger partial charge in [-0.2, -0.15) is 0 Å². The van der Waals surface area contributed by atoms with Crippen molar-refractivity contribution in [3.05, 3.63) is 223 Å². The molecule has 14 rings (SSSR count). The van der Waals surface area contributed by atoms with E-state index in [2.05, 4.69) is 220 Å². The first-order chi connectivity index (χ1) is 30.3. The third-order valence-corrected chi connectivity index (χ3v) is 14.9. The number of imidazole rings is 1. The van der Waals surface area contributed by atoms with Gasteiger partial charge in [0.1, 0.15) is 5.82 Å². The molecule has 3 atom stereocenters. The van der Waals surface area contributed by atoms with Crippen molar-refractivity contribution in [2.24, 2.45) is 5.92 Å². The number of nitrogens with zero attached hydrogens (tertiary/aromatic N) is 4. The zero-order chi connectivity index (χ0) is 39.8. The van der Waals surface area contributed by atoms with E-state index in [1.165, 1.54) is 70.1 Å². The second-order valence-electron chi connectivity index (χ2n) is 16.6. The average Bonchev–Trinajstić information content (AvgIpc) is 3.99. The predicted molar refractivity (Wildman–Crippen MR) is 252 cm³/mol. The highest BCUT2D eigenvalue weighted by molar-refractivity contribution is 7.99. The predicted octanol–water partition coefficient (Wildman–Crippen LogP) is 14.0. The number of aromatic nitrogens is 4. The van der Waals surface area contributed by atoms with Crippen molar-refractivity contribution in [3.8, 4) is 22.8 Å². The lowest BCUT2D eigenvalue weighted by molar-refractivity contribution is 0.330. The lowest BCUT2D eigenvalue weighted by Crippen LogP contribution is -2.46. The molecular weight excluding hydrogens is 761 g/mol. The highest BCUT2D eigenvalue weighted by atomic mass is 32.2. The molecular formula is C56H36N4S. The van der Waals surface area contributed by atoms with E-state index in [9.17, 15) is 0 Å². The van der Waals surface area contributed by atoms with Gasteiger partial charge in [-0.05, 0) is 95.6 Å². The molecule has 11 aromatic rings. The molecule has 3 aromatic heterocycles. The third-order valence-electron chi connectivity index (χ3n) is 13.7. The minimum Gasteiger partial charge on any atom is -0.333 e. The Morgan fingerprint density at radius 2 is 1.13 bits per heavy atom. The van der Waals surface area contributed by atoms with Gasteiger partial charge in [0.25, 0.3) is 0 Å². The highest BCUT2D eigenvalue weighted by Gasteiger charge is 2.54. The van der Waals surface area contributed by atoms with Crippen molar-refractivity contribution >= 4 is 66.4 Å². The van der Waals surface area contributed by atoms with Crippen molar-refractivity contribution in [2.45, 2.75) is 21.2 Å². The summed E-state index contributed by atoms with van der Waals surface area (Å²) in [6.07, 6.45) is 9.49. The van der Waals surface area contributed by atoms with Crippen LogP contribution in [0.3, 0.4) is 0 Å². The molecule has 0 saturated carbocycles. The van der Waals surface area contributed by atoms with Crippen LogP contribution in [0.15, 0.2) is 216 Å². The molecule has 2 aliphatic heterocycles. The van der Waals surface area contributed by atoms with Crippen LogP contribution in [-0.4, -0.2) is 18.7 Å². The van der Waals surface area contributed by atoms with Crippen LogP contribution in [0.5, 0.6) is 0 Å². The summed E-state index contributed by atoms with van der Waals surface area (Å²) in [5.41, 5.74) is 14.2. The Balaban J connectivity index is 1.02. The van der Waals surface area contributed by atoms with Crippen LogP contribution in [0, 0.1) is 5.92 Å². The first-order valence-corrected chi connectivity index (χ1v) is 21.9. The van der Waals surface area contributed by atoms with Crippen LogP contribution in [0.1, 0.15) is 22.7 Å². The topological polar surface area (TPSA) is 27.7 Å². The fourth-order valence-corrected chi connectivity index (χ4v) is 12.6. The number of rotatable bonds is 3. The van der Waals surface area contributed by atoms with E-state index in [0.717, 1.165) is 33.8 Å². The van der Waals surface area contributed by atoms with Gasteiger partial charge in [0.05, 0.1) is 39.0 Å². The summed E-state index contributed by atoms with van der Waals surface area (Å²) in [6, 6.07) is 67.4. The first kappa shape index (κ1) is 33.5. The van der Waals surface area contributed by atoms with Crippen LogP contribution in [-0.2, 0) is 5.41 Å². The Kier molecular flexibility index (Phi) is 6.78. The van der Waals surface area contributed by atoms with E-state index in [0.29, 0.717) is 0 Å². The summed E-state index contributed by atoms with van der Waals surface area (Å²) in [5, 5.41) is 5.17. The summed E-state index contributed by atoms with van der Waals surface area (Å²) >= 11 is 1.92. The van der Waals surface area contributed by atoms with Crippen molar-refractivity contribution in [1.82, 2.24) is 18.7 Å². The molecule has 4 nitrogen and oxygen atoms in total. The standard InChI is InChI=1S/C56H36N4S/c1-2-15-36(16-3-1)59-50-27-12-8-23-46(50)57-55(59)35-29-31-37(32-30-35)58-47-24-9-5-18-39(47)41-33-45-53(34-51(41)58)61-52-28-13-7-21-43(52)56(45)42-20-6-11-26-49(42)60-48-25-10-4-17-38(48)40-19-14-22-44(56)54(40)60/h1-34,42,49H. The normalized spacial score (nSPS) is 18.7. The molecule has 0 saturated heterocycles. The van der Waals surface area contributed by atoms with Gasteiger partial charge in [-0.25, -0.2) is 4.98 Å². The molecule has 0 N–H and O–H groups in total. The van der Waals surface area contributed by atoms with E-state index < -0.39 is 5.41 Å². The summed E-state index contributed by atoms with van der Waals surface area (Å²) in [5.74, 6) is 1.09. The van der Waals surface area contributed by atoms with E-state index in [4.69, 9.17) is 4.98 Å². The van der Waals surface area contributed by atoms with E-state index in [1.54, 1.807) is 0 Å². The van der Waals surface area contributed by atoms with Gasteiger partial charge in [-0.3, -0.25) is 4.57 Å². The zero-order valence-electron chi connectivity index (χ0n) is 33.0. The van der Waals surface area contributed by atoms with Gasteiger partial charge in [0.2, 0.25) is 0 Å². The first-order valence-electron chi connectivity index (χ1n) is 21.1. The SMILES string of the molecule is C1=CC2C(C=C1)C1(c3ccccc3Sc3cc4c(cc31)c1ccccc1n4-c1ccc(-c3nc4ccccc4n3-c3ccccc3)cc1)c1cccc3c4ccccc4n2c13. The molecule has 1 spiro atoms. The van der Waals surface area contributed by atoms with Crippen molar-refractivity contribution in [1.29, 1.82) is 0 Å². The second kappa shape index (κ2) is 12.4. The maximum atomic E-state index is 5.17. The van der Waals surface area contributed by atoms with Gasteiger partial charge in [-0.1, -0.05) is 139 Å². The molecule has 0 bridgehead atoms. The Labute approximate surface area is 356 Å². The molecule has 61 heavy (non-hydrogen) atoms. The summed E-state index contributed by atoms with van der Waals surface area (Å²) < 4.78 is 7.38. The molecule has 0 fully saturated rings. The molecule has 3 aliphatic rings. The molecule has 5 heteroatoms. The average molecular weight is 797 g/mol. The maximum Gasteiger partial charge on any atom is 0.145 e. The van der Waals surface area contributed by atoms with Crippen molar-refractivity contribution in [2.75, 3.05) is 0 Å². The summed E-state index contributed by atoms with van der Waals surface area (Å²) in [7, 11) is 0. The van der Waals surface area contributed by atoms with Gasteiger partial charge >= 0.3 is 0 Å². The molecule has 3 unspecified atom stereocenters. The number of benzene rings is 8. The Bertz CT molecular complexity index is 3700. The van der Waals surface area contributed by atoms with Crippen LogP contribution in [0.4, 0.5) is 0 Å². The van der Waals surface area contributed by atoms with Crippen LogP contribution in [0.2, 0.25) is 0 Å². The number of hydrogen-bond donors (Lipinski definition) is 0. The molecule has 8 aromatic carbocycles. The third kappa shape index (κ3) is 4.38. The summed E-state index contributed by atoms with van der Waals surface area (Å²) in [6.45, 7) is 0. The smallest absolute Gasteiger partial charge is 0.145 e. The van der Waals surface area contributed by atoms with Crippen LogP contribution >= 0.6 is 11.8 Å². The van der Waals surface area contributed by atoms with Gasteiger partial charge in [0, 0.05) is 59.7 Å². The molecule has 0 amide bonds. The highest BCUT2D eigenvalue weighted by Crippen LogP contribution is 2.63. The maximum absolute atomic E-state index is 5.17. The Morgan fingerprint density at radius 3 is 2.00 bits per heavy atom. The lowest BCUT2D eigenvalue weighted by atomic mass is 9.57. The Morgan fingerprint density at radius 1 is 0.459 bits per heavy atom. The van der Waals surface area contributed by atoms with Gasteiger partial charge < -0.3 is 9.13 Å². The van der Waals surface area contributed by atoms with E-state index in [1.807, 2.05) is 11.8 Å². The quantitative estimate of drug-likeness (QED) is 0.178. The fraction of sp³-hybridized carbons (Fsp3) is 0.0536. The molecule has 0 radical (unpaired) electrons. The van der Waals surface area contributed by atoms with E-state index in [-0.39, 0.29) is 12.0 Å². The second-order valence-corrected chi connectivity index (χ2v) is 17.7.